The number of ether oxygens (including phenoxy) is 5. The van der Waals surface area contributed by atoms with Gasteiger partial charge in [0.25, 0.3) is 0 Å². The summed E-state index contributed by atoms with van der Waals surface area (Å²) in [6, 6.07) is 4.61. The highest BCUT2D eigenvalue weighted by Crippen LogP contribution is 2.31. The van der Waals surface area contributed by atoms with Crippen LogP contribution in [0.3, 0.4) is 0 Å². The Morgan fingerprint density at radius 3 is 2.00 bits per heavy atom. The van der Waals surface area contributed by atoms with Gasteiger partial charge in [0.2, 0.25) is 0 Å². The Morgan fingerprint density at radius 1 is 0.895 bits per heavy atom. The summed E-state index contributed by atoms with van der Waals surface area (Å²) < 4.78 is 26.0. The monoisotopic (exact) mass is 537 g/mol. The van der Waals surface area contributed by atoms with Gasteiger partial charge in [-0.25, -0.2) is 4.79 Å². The molecule has 10 heteroatoms. The number of benzene rings is 1. The number of hydrogen-bond acceptors (Lipinski definition) is 10. The predicted octanol–water partition coefficient (Wildman–Crippen LogP) is 4.59. The molecule has 1 unspecified atom stereocenters. The van der Waals surface area contributed by atoms with Crippen molar-refractivity contribution in [2.45, 2.75) is 79.2 Å². The summed E-state index contributed by atoms with van der Waals surface area (Å²) in [7, 11) is 1.21. The highest BCUT2D eigenvalue weighted by atomic mass is 16.7. The van der Waals surface area contributed by atoms with Gasteiger partial charge in [0.05, 0.1) is 20.3 Å². The lowest BCUT2D eigenvalue weighted by Crippen LogP contribution is -2.51. The third kappa shape index (κ3) is 11.9. The molecule has 214 valence electrons. The number of carbonyl (C=O) groups is 4. The predicted molar refractivity (Wildman–Crippen MR) is 141 cm³/mol. The van der Waals surface area contributed by atoms with E-state index in [4.69, 9.17) is 29.4 Å². The Morgan fingerprint density at radius 2 is 1.47 bits per heavy atom. The molecule has 0 aromatic heterocycles. The van der Waals surface area contributed by atoms with Crippen LogP contribution in [0.15, 0.2) is 18.2 Å². The first kappa shape index (κ1) is 32.9. The molecule has 0 fully saturated rings. The lowest BCUT2D eigenvalue weighted by molar-refractivity contribution is -0.147. The highest BCUT2D eigenvalue weighted by molar-refractivity contribution is 5.81. The summed E-state index contributed by atoms with van der Waals surface area (Å²) in [5, 5.41) is 0. The summed E-state index contributed by atoms with van der Waals surface area (Å²) in [5.41, 5.74) is 5.37. The van der Waals surface area contributed by atoms with Crippen LogP contribution in [0.4, 0.5) is 4.79 Å². The average Bonchev–Trinajstić information content (AvgIpc) is 2.82. The quantitative estimate of drug-likeness (QED) is 0.249. The molecule has 1 aromatic carbocycles. The van der Waals surface area contributed by atoms with E-state index in [-0.39, 0.29) is 68.1 Å². The standard InChI is InChI=1S/C28H43NO9/c1-8-20(6)17-36-27(33)35-12-11-28(29,26(32)34-7)16-21-9-10-22(37-24(30)13-18(2)3)23(15-21)38-25(31)14-19(4)5/h9-10,15,18-20H,8,11-14,16-17,29H2,1-7H3/t20-,28?/m0/s1. The molecule has 0 spiro atoms. The molecule has 0 aliphatic carbocycles. The van der Waals surface area contributed by atoms with Gasteiger partial charge in [-0.3, -0.25) is 14.4 Å². The second kappa shape index (κ2) is 16.0. The van der Waals surface area contributed by atoms with Gasteiger partial charge in [-0.1, -0.05) is 54.0 Å². The second-order valence-electron chi connectivity index (χ2n) is 10.4. The van der Waals surface area contributed by atoms with Crippen LogP contribution in [-0.2, 0) is 35.0 Å². The van der Waals surface area contributed by atoms with E-state index in [1.165, 1.54) is 19.2 Å². The van der Waals surface area contributed by atoms with Crippen molar-refractivity contribution in [3.8, 4) is 11.5 Å². The molecular weight excluding hydrogens is 494 g/mol. The molecule has 0 aliphatic rings. The van der Waals surface area contributed by atoms with E-state index in [9.17, 15) is 19.2 Å². The van der Waals surface area contributed by atoms with E-state index in [1.54, 1.807) is 6.07 Å². The minimum absolute atomic E-state index is 0.0279. The fraction of sp³-hybridized carbons (Fsp3) is 0.643. The molecule has 2 N–H and O–H groups in total. The van der Waals surface area contributed by atoms with Crippen molar-refractivity contribution in [1.29, 1.82) is 0 Å². The van der Waals surface area contributed by atoms with Gasteiger partial charge < -0.3 is 29.4 Å². The van der Waals surface area contributed by atoms with Crippen molar-refractivity contribution in [1.82, 2.24) is 0 Å². The highest BCUT2D eigenvalue weighted by Gasteiger charge is 2.36. The number of nitrogens with two attached hydrogens (primary N) is 1. The molecular formula is C28H43NO9. The molecule has 0 heterocycles. The van der Waals surface area contributed by atoms with Crippen molar-refractivity contribution in [2.24, 2.45) is 23.5 Å². The Kier molecular flexibility index (Phi) is 13.8. The largest absolute Gasteiger partial charge is 0.508 e. The van der Waals surface area contributed by atoms with Crippen molar-refractivity contribution in [2.75, 3.05) is 20.3 Å². The minimum atomic E-state index is -1.55. The van der Waals surface area contributed by atoms with Gasteiger partial charge in [0.1, 0.15) is 5.54 Å². The molecule has 0 amide bonds. The van der Waals surface area contributed by atoms with Crippen LogP contribution < -0.4 is 15.2 Å². The van der Waals surface area contributed by atoms with Crippen LogP contribution >= 0.6 is 0 Å². The van der Waals surface area contributed by atoms with Crippen LogP contribution in [-0.4, -0.2) is 49.9 Å². The Bertz CT molecular complexity index is 944. The van der Waals surface area contributed by atoms with Gasteiger partial charge in [0.15, 0.2) is 11.5 Å². The number of hydrogen-bond donors (Lipinski definition) is 1. The number of esters is 3. The van der Waals surface area contributed by atoms with E-state index >= 15 is 0 Å². The maximum atomic E-state index is 12.6. The lowest BCUT2D eigenvalue weighted by atomic mass is 9.88. The van der Waals surface area contributed by atoms with E-state index in [2.05, 4.69) is 0 Å². The first-order chi connectivity index (χ1) is 17.8. The Hall–Kier alpha value is -3.14. The molecule has 1 rings (SSSR count). The van der Waals surface area contributed by atoms with Gasteiger partial charge in [-0.05, 0) is 35.4 Å². The van der Waals surface area contributed by atoms with Crippen molar-refractivity contribution in [3.63, 3.8) is 0 Å². The van der Waals surface area contributed by atoms with Crippen LogP contribution in [0.1, 0.15) is 72.8 Å². The van der Waals surface area contributed by atoms with Gasteiger partial charge in [0, 0.05) is 25.7 Å². The zero-order valence-corrected chi connectivity index (χ0v) is 23.7. The molecule has 10 nitrogen and oxygen atoms in total. The van der Waals surface area contributed by atoms with Gasteiger partial charge in [-0.15, -0.1) is 0 Å². The molecule has 0 aliphatic heterocycles. The van der Waals surface area contributed by atoms with Crippen molar-refractivity contribution < 1.29 is 42.9 Å². The molecule has 0 saturated heterocycles. The molecule has 1 aromatic rings. The van der Waals surface area contributed by atoms with E-state index < -0.39 is 29.6 Å². The van der Waals surface area contributed by atoms with E-state index in [0.29, 0.717) is 5.56 Å². The maximum absolute atomic E-state index is 12.6. The third-order valence-electron chi connectivity index (χ3n) is 5.67. The molecule has 0 bridgehead atoms. The first-order valence-electron chi connectivity index (χ1n) is 13.0. The van der Waals surface area contributed by atoms with Gasteiger partial charge in [-0.2, -0.15) is 0 Å². The number of methoxy groups -OCH3 is 1. The molecule has 2 atom stereocenters. The SMILES string of the molecule is CC[C@H](C)COC(=O)OCCC(N)(Cc1ccc(OC(=O)CC(C)C)c(OC(=O)CC(C)C)c1)C(=O)OC. The van der Waals surface area contributed by atoms with Crippen LogP contribution in [0.25, 0.3) is 0 Å². The molecule has 38 heavy (non-hydrogen) atoms. The Balaban J connectivity index is 3.08. The van der Waals surface area contributed by atoms with Crippen LogP contribution in [0.5, 0.6) is 11.5 Å². The minimum Gasteiger partial charge on any atom is -0.468 e. The fourth-order valence-corrected chi connectivity index (χ4v) is 3.34. The summed E-state index contributed by atoms with van der Waals surface area (Å²) in [6.45, 7) is 11.5. The van der Waals surface area contributed by atoms with Crippen LogP contribution in [0.2, 0.25) is 0 Å². The number of carbonyl (C=O) groups excluding carboxylic acids is 4. The fourth-order valence-electron chi connectivity index (χ4n) is 3.34. The molecule has 0 saturated carbocycles. The van der Waals surface area contributed by atoms with Gasteiger partial charge >= 0.3 is 24.1 Å². The normalized spacial score (nSPS) is 13.4. The lowest BCUT2D eigenvalue weighted by Gasteiger charge is -2.26. The first-order valence-corrected chi connectivity index (χ1v) is 13.0. The zero-order chi connectivity index (χ0) is 28.9. The Labute approximate surface area is 225 Å². The molecule has 0 radical (unpaired) electrons. The van der Waals surface area contributed by atoms with Crippen molar-refractivity contribution >= 4 is 24.1 Å². The maximum Gasteiger partial charge on any atom is 0.508 e. The van der Waals surface area contributed by atoms with E-state index in [1.807, 2.05) is 41.5 Å². The summed E-state index contributed by atoms with van der Waals surface area (Å²) in [6.07, 6.45) is 0.286. The van der Waals surface area contributed by atoms with Crippen LogP contribution in [0, 0.1) is 17.8 Å². The summed E-state index contributed by atoms with van der Waals surface area (Å²) >= 11 is 0. The summed E-state index contributed by atoms with van der Waals surface area (Å²) in [5.74, 6) is -1.19. The van der Waals surface area contributed by atoms with Crippen molar-refractivity contribution in [3.05, 3.63) is 23.8 Å². The summed E-state index contributed by atoms with van der Waals surface area (Å²) in [4.78, 5) is 49.1. The second-order valence-corrected chi connectivity index (χ2v) is 10.4. The van der Waals surface area contributed by atoms with E-state index in [0.717, 1.165) is 6.42 Å². The topological polar surface area (TPSA) is 140 Å². The zero-order valence-electron chi connectivity index (χ0n) is 23.7. The smallest absolute Gasteiger partial charge is 0.468 e. The average molecular weight is 538 g/mol. The number of rotatable bonds is 15. The third-order valence-corrected chi connectivity index (χ3v) is 5.67.